The Kier molecular flexibility index (Phi) is 7.60. The monoisotopic (exact) mass is 424 g/mol. The average molecular weight is 425 g/mol. The molecule has 2 heterocycles. The number of nitrogens with one attached hydrogen (secondary N) is 1. The number of aryl methyl sites for hydroxylation is 2. The molecular formula is C24H32N4O3. The minimum absolute atomic E-state index is 0.0185. The molecule has 0 saturated carbocycles. The first-order chi connectivity index (χ1) is 14.9. The number of para-hydroxylation sites is 1. The van der Waals surface area contributed by atoms with E-state index >= 15 is 0 Å². The molecule has 1 aliphatic rings. The molecule has 3 rings (SSSR count). The van der Waals surface area contributed by atoms with Crippen LogP contribution in [0, 0.1) is 13.8 Å². The quantitative estimate of drug-likeness (QED) is 0.738. The second-order valence-electron chi connectivity index (χ2n) is 7.88. The number of likely N-dealkylation sites (tertiary alicyclic amines) is 1. The summed E-state index contributed by atoms with van der Waals surface area (Å²) < 4.78 is 5.65. The zero-order valence-electron chi connectivity index (χ0n) is 18.9. The van der Waals surface area contributed by atoms with Gasteiger partial charge in [-0.15, -0.1) is 0 Å². The Morgan fingerprint density at radius 2 is 1.87 bits per heavy atom. The van der Waals surface area contributed by atoms with E-state index < -0.39 is 0 Å². The van der Waals surface area contributed by atoms with Crippen molar-refractivity contribution in [2.45, 2.75) is 52.9 Å². The highest BCUT2D eigenvalue weighted by molar-refractivity contribution is 5.97. The number of hydrogen-bond acceptors (Lipinski definition) is 5. The molecule has 0 bridgehead atoms. The van der Waals surface area contributed by atoms with E-state index in [1.54, 1.807) is 0 Å². The summed E-state index contributed by atoms with van der Waals surface area (Å²) >= 11 is 0. The van der Waals surface area contributed by atoms with Crippen LogP contribution in [0.4, 0.5) is 0 Å². The number of rotatable bonds is 7. The van der Waals surface area contributed by atoms with E-state index in [-0.39, 0.29) is 24.2 Å². The molecule has 1 atom stereocenters. The van der Waals surface area contributed by atoms with E-state index in [9.17, 15) is 9.59 Å². The summed E-state index contributed by atoms with van der Waals surface area (Å²) in [7, 11) is 0. The van der Waals surface area contributed by atoms with Gasteiger partial charge in [-0.3, -0.25) is 9.59 Å². The first-order valence-corrected chi connectivity index (χ1v) is 11.1. The number of likely N-dealkylation sites (N-methyl/N-ethyl adjacent to an activating group) is 1. The maximum Gasteiger partial charge on any atom is 0.257 e. The maximum atomic E-state index is 13.2. The fourth-order valence-electron chi connectivity index (χ4n) is 4.09. The van der Waals surface area contributed by atoms with E-state index in [0.717, 1.165) is 35.6 Å². The van der Waals surface area contributed by atoms with E-state index in [2.05, 4.69) is 5.32 Å². The second-order valence-corrected chi connectivity index (χ2v) is 7.88. The zero-order chi connectivity index (χ0) is 22.4. The van der Waals surface area contributed by atoms with Crippen molar-refractivity contribution in [2.75, 3.05) is 26.2 Å². The third-order valence-electron chi connectivity index (χ3n) is 5.64. The summed E-state index contributed by atoms with van der Waals surface area (Å²) in [6.07, 6.45) is 2.12. The number of benzene rings is 1. The van der Waals surface area contributed by atoms with Crippen LogP contribution in [-0.2, 0) is 11.2 Å². The molecule has 0 aliphatic carbocycles. The molecule has 1 N–H and O–H groups in total. The van der Waals surface area contributed by atoms with Crippen LogP contribution in [0.3, 0.4) is 0 Å². The predicted octanol–water partition coefficient (Wildman–Crippen LogP) is 3.19. The third kappa shape index (κ3) is 5.40. The fourth-order valence-corrected chi connectivity index (χ4v) is 4.09. The molecular weight excluding hydrogens is 392 g/mol. The molecule has 2 amide bonds. The van der Waals surface area contributed by atoms with Crippen LogP contribution in [0.2, 0.25) is 0 Å². The molecule has 1 aromatic heterocycles. The van der Waals surface area contributed by atoms with Crippen LogP contribution in [0.5, 0.6) is 5.75 Å². The van der Waals surface area contributed by atoms with Crippen molar-refractivity contribution in [2.24, 2.45) is 0 Å². The highest BCUT2D eigenvalue weighted by Crippen LogP contribution is 2.28. The van der Waals surface area contributed by atoms with Crippen LogP contribution in [0.15, 0.2) is 24.3 Å². The van der Waals surface area contributed by atoms with E-state index in [0.29, 0.717) is 37.6 Å². The van der Waals surface area contributed by atoms with Crippen molar-refractivity contribution in [3.63, 3.8) is 0 Å². The van der Waals surface area contributed by atoms with Crippen LogP contribution < -0.4 is 10.1 Å². The lowest BCUT2D eigenvalue weighted by molar-refractivity contribution is -0.120. The molecule has 7 heteroatoms. The van der Waals surface area contributed by atoms with Gasteiger partial charge in [-0.2, -0.15) is 0 Å². The number of ether oxygens (including phenoxy) is 1. The lowest BCUT2D eigenvalue weighted by atomic mass is 9.95. The molecule has 0 unspecified atom stereocenters. The fraction of sp³-hybridized carbons (Fsp3) is 0.500. The van der Waals surface area contributed by atoms with Gasteiger partial charge in [0.15, 0.2) is 0 Å². The van der Waals surface area contributed by atoms with Gasteiger partial charge in [-0.1, -0.05) is 12.1 Å². The summed E-state index contributed by atoms with van der Waals surface area (Å²) in [5.74, 6) is 1.41. The molecule has 7 nitrogen and oxygen atoms in total. The van der Waals surface area contributed by atoms with Crippen molar-refractivity contribution in [1.82, 2.24) is 20.2 Å². The minimum Gasteiger partial charge on any atom is -0.493 e. The Labute approximate surface area is 184 Å². The predicted molar refractivity (Wildman–Crippen MR) is 119 cm³/mol. The summed E-state index contributed by atoms with van der Waals surface area (Å²) in [6.45, 7) is 10.1. The van der Waals surface area contributed by atoms with Gasteiger partial charge >= 0.3 is 0 Å². The number of carbonyl (C=O) groups is 2. The number of nitrogens with zero attached hydrogens (tertiary/aromatic N) is 3. The van der Waals surface area contributed by atoms with Crippen molar-refractivity contribution in [3.05, 3.63) is 52.6 Å². The van der Waals surface area contributed by atoms with Gasteiger partial charge in [-0.25, -0.2) is 9.97 Å². The molecule has 0 spiro atoms. The van der Waals surface area contributed by atoms with Gasteiger partial charge in [0.05, 0.1) is 18.6 Å². The van der Waals surface area contributed by atoms with Gasteiger partial charge in [0, 0.05) is 42.5 Å². The van der Waals surface area contributed by atoms with Gasteiger partial charge in [0.25, 0.3) is 5.91 Å². The van der Waals surface area contributed by atoms with E-state index in [4.69, 9.17) is 14.7 Å². The topological polar surface area (TPSA) is 84.4 Å². The minimum atomic E-state index is -0.0209. The Morgan fingerprint density at radius 1 is 1.16 bits per heavy atom. The number of piperidine rings is 1. The first-order valence-electron chi connectivity index (χ1n) is 11.1. The van der Waals surface area contributed by atoms with Gasteiger partial charge in [-0.05, 0) is 52.7 Å². The van der Waals surface area contributed by atoms with Crippen molar-refractivity contribution in [3.8, 4) is 5.75 Å². The second kappa shape index (κ2) is 10.4. The molecule has 1 fully saturated rings. The smallest absolute Gasteiger partial charge is 0.257 e. The lowest BCUT2D eigenvalue weighted by Crippen LogP contribution is -2.39. The maximum absolute atomic E-state index is 13.2. The molecule has 1 aromatic carbocycles. The van der Waals surface area contributed by atoms with Gasteiger partial charge in [0.1, 0.15) is 11.6 Å². The molecule has 1 aliphatic heterocycles. The van der Waals surface area contributed by atoms with Crippen molar-refractivity contribution >= 4 is 11.8 Å². The Bertz CT molecular complexity index is 921. The zero-order valence-corrected chi connectivity index (χ0v) is 18.9. The molecule has 0 radical (unpaired) electrons. The summed E-state index contributed by atoms with van der Waals surface area (Å²) in [5.41, 5.74) is 3.14. The van der Waals surface area contributed by atoms with Crippen LogP contribution >= 0.6 is 0 Å². The molecule has 31 heavy (non-hydrogen) atoms. The molecule has 166 valence electrons. The van der Waals surface area contributed by atoms with Crippen molar-refractivity contribution in [1.29, 1.82) is 0 Å². The van der Waals surface area contributed by atoms with Gasteiger partial charge < -0.3 is 15.0 Å². The Balaban J connectivity index is 1.78. The number of carbonyl (C=O) groups excluding carboxylic acids is 2. The highest BCUT2D eigenvalue weighted by atomic mass is 16.5. The summed E-state index contributed by atoms with van der Waals surface area (Å²) in [6, 6.07) is 7.39. The Hall–Kier alpha value is -2.96. The number of amides is 2. The summed E-state index contributed by atoms with van der Waals surface area (Å²) in [4.78, 5) is 36.6. The Morgan fingerprint density at radius 3 is 2.55 bits per heavy atom. The van der Waals surface area contributed by atoms with Crippen LogP contribution in [0.25, 0.3) is 0 Å². The lowest BCUT2D eigenvalue weighted by Gasteiger charge is -2.32. The van der Waals surface area contributed by atoms with E-state index in [1.807, 2.05) is 56.9 Å². The molecule has 2 aromatic rings. The van der Waals surface area contributed by atoms with Crippen LogP contribution in [0.1, 0.15) is 65.7 Å². The number of hydrogen-bond donors (Lipinski definition) is 1. The van der Waals surface area contributed by atoms with Crippen LogP contribution in [-0.4, -0.2) is 52.9 Å². The highest BCUT2D eigenvalue weighted by Gasteiger charge is 2.29. The van der Waals surface area contributed by atoms with Gasteiger partial charge in [0.2, 0.25) is 5.91 Å². The van der Waals surface area contributed by atoms with E-state index in [1.165, 1.54) is 0 Å². The average Bonchev–Trinajstić information content (AvgIpc) is 2.76. The summed E-state index contributed by atoms with van der Waals surface area (Å²) in [5, 5.41) is 2.82. The standard InChI is InChI=1S/C24H32N4O3/c1-5-25-22(29)14-20-16(3)26-23(27-17(20)4)18-10-9-13-28(15-18)24(30)19-11-7-8-12-21(19)31-6-2/h7-8,11-12,18H,5-6,9-10,13-15H2,1-4H3,(H,25,29)/t18-/m1/s1. The molecule has 1 saturated heterocycles. The first kappa shape index (κ1) is 22.7. The number of aromatic nitrogens is 2. The third-order valence-corrected chi connectivity index (χ3v) is 5.64. The normalized spacial score (nSPS) is 16.1. The SMILES string of the molecule is CCNC(=O)Cc1c(C)nc([C@@H]2CCCN(C(=O)c3ccccc3OCC)C2)nc1C. The largest absolute Gasteiger partial charge is 0.493 e. The van der Waals surface area contributed by atoms with Crippen molar-refractivity contribution < 1.29 is 14.3 Å².